The number of nitrogens with one attached hydrogen (secondary N) is 1. The number of aromatic nitrogens is 2. The molecule has 1 aliphatic carbocycles. The van der Waals surface area contributed by atoms with Gasteiger partial charge in [0.25, 0.3) is 5.56 Å². The number of carbonyl (C=O) groups is 2. The van der Waals surface area contributed by atoms with Gasteiger partial charge in [-0.2, -0.15) is 11.8 Å². The molecule has 2 heterocycles. The second kappa shape index (κ2) is 12.4. The fraction of sp³-hybridized carbons (Fsp3) is 0.367. The molecule has 0 saturated carbocycles. The summed E-state index contributed by atoms with van der Waals surface area (Å²) in [6, 6.07) is 4.70. The first-order valence-corrected chi connectivity index (χ1v) is 15.0. The second-order valence-corrected chi connectivity index (χ2v) is 11.6. The Balaban J connectivity index is 1.31. The Hall–Kier alpha value is -4.23. The number of ketones is 2. The zero-order valence-corrected chi connectivity index (χ0v) is 26.2. The number of rotatable bonds is 10. The minimum Gasteiger partial charge on any atom is -0.507 e. The molecule has 5 rings (SSSR count). The van der Waals surface area contributed by atoms with Crippen molar-refractivity contribution >= 4 is 52.0 Å². The van der Waals surface area contributed by atoms with Crippen molar-refractivity contribution in [2.45, 2.75) is 24.7 Å². The van der Waals surface area contributed by atoms with E-state index < -0.39 is 23.1 Å². The highest BCUT2D eigenvalue weighted by Crippen LogP contribution is 2.54. The zero-order chi connectivity index (χ0) is 31.8. The molecule has 12 nitrogen and oxygen atoms in total. The molecule has 232 valence electrons. The number of Topliss-reactive ketones (excluding diaryl/α,β-unsaturated/α-hetero) is 2. The van der Waals surface area contributed by atoms with Crippen LogP contribution in [0.15, 0.2) is 39.3 Å². The van der Waals surface area contributed by atoms with Crippen LogP contribution in [0, 0.1) is 5.92 Å². The number of nitrogens with zero attached hydrogens (tertiary/aromatic N) is 2. The number of H-pyrrole nitrogens is 1. The van der Waals surface area contributed by atoms with E-state index in [9.17, 15) is 19.5 Å². The van der Waals surface area contributed by atoms with Gasteiger partial charge < -0.3 is 33.8 Å². The molecule has 2 N–H and O–H groups in total. The summed E-state index contributed by atoms with van der Waals surface area (Å²) in [6.45, 7) is 1.93. The third-order valence-electron chi connectivity index (χ3n) is 7.60. The van der Waals surface area contributed by atoms with E-state index in [4.69, 9.17) is 35.3 Å². The Morgan fingerprint density at radius 3 is 2.45 bits per heavy atom. The smallest absolute Gasteiger partial charge is 0.258 e. The second-order valence-electron chi connectivity index (χ2n) is 10.1. The van der Waals surface area contributed by atoms with Gasteiger partial charge in [0.15, 0.2) is 28.8 Å². The summed E-state index contributed by atoms with van der Waals surface area (Å²) < 4.78 is 27.4. The standard InChI is InChI=1S/C30H30ClN3O9S/c1-14-8-18(35)16(27(36)30(14)28(37)24-21(41-4)11-22(42-5)25(31)26(24)43-30)12-32-6-7-44-13-23-33-17-10-20(40-3)19(39-2)9-15(17)29(38)34-23/h9-12,14,36H,6-8,13H2,1-5H3,(H,33,34,38)/t14-,30+/m1/s1. The predicted molar refractivity (Wildman–Crippen MR) is 166 cm³/mol. The topological polar surface area (TPSA) is 159 Å². The number of allylic oxidation sites excluding steroid dienone is 1. The maximum atomic E-state index is 13.8. The molecule has 0 radical (unpaired) electrons. The largest absolute Gasteiger partial charge is 0.507 e. The minimum atomic E-state index is -1.87. The summed E-state index contributed by atoms with van der Waals surface area (Å²) in [4.78, 5) is 51.0. The summed E-state index contributed by atoms with van der Waals surface area (Å²) in [5, 5.41) is 11.8. The third kappa shape index (κ3) is 5.13. The number of ether oxygens (including phenoxy) is 5. The summed E-state index contributed by atoms with van der Waals surface area (Å²) in [5.41, 5.74) is -1.73. The number of halogens is 1. The van der Waals surface area contributed by atoms with Gasteiger partial charge in [-0.3, -0.25) is 19.4 Å². The van der Waals surface area contributed by atoms with Crippen LogP contribution in [0.1, 0.15) is 29.5 Å². The van der Waals surface area contributed by atoms with Crippen molar-refractivity contribution in [3.8, 4) is 28.7 Å². The molecule has 2 aromatic carbocycles. The van der Waals surface area contributed by atoms with Gasteiger partial charge in [-0.1, -0.05) is 18.5 Å². The zero-order valence-electron chi connectivity index (χ0n) is 24.6. The minimum absolute atomic E-state index is 0.0197. The monoisotopic (exact) mass is 643 g/mol. The maximum Gasteiger partial charge on any atom is 0.258 e. The van der Waals surface area contributed by atoms with Crippen LogP contribution < -0.4 is 29.2 Å². The molecule has 3 aromatic rings. The highest BCUT2D eigenvalue weighted by Gasteiger charge is 2.60. The molecule has 0 saturated heterocycles. The maximum absolute atomic E-state index is 13.8. The normalized spacial score (nSPS) is 19.5. The van der Waals surface area contributed by atoms with Crippen molar-refractivity contribution in [1.29, 1.82) is 0 Å². The van der Waals surface area contributed by atoms with Crippen LogP contribution in [0.5, 0.6) is 28.7 Å². The van der Waals surface area contributed by atoms with Crippen LogP contribution in [-0.2, 0) is 10.5 Å². The number of fused-ring (bicyclic) bond motifs is 2. The van der Waals surface area contributed by atoms with Crippen molar-refractivity contribution in [3.63, 3.8) is 0 Å². The molecule has 44 heavy (non-hydrogen) atoms. The number of aliphatic hydroxyl groups excluding tert-OH is 1. The van der Waals surface area contributed by atoms with Crippen LogP contribution in [0.2, 0.25) is 5.02 Å². The quantitative estimate of drug-likeness (QED) is 0.239. The van der Waals surface area contributed by atoms with Crippen molar-refractivity contribution in [1.82, 2.24) is 9.97 Å². The number of hydrogen-bond donors (Lipinski definition) is 2. The van der Waals surface area contributed by atoms with Crippen LogP contribution in [0.25, 0.3) is 10.9 Å². The van der Waals surface area contributed by atoms with Crippen molar-refractivity contribution < 1.29 is 38.4 Å². The van der Waals surface area contributed by atoms with Gasteiger partial charge in [0.05, 0.1) is 50.7 Å². The van der Waals surface area contributed by atoms with E-state index in [1.807, 2.05) is 0 Å². The Bertz CT molecular complexity index is 1790. The van der Waals surface area contributed by atoms with Crippen LogP contribution in [0.4, 0.5) is 0 Å². The number of aromatic amines is 1. The van der Waals surface area contributed by atoms with E-state index >= 15 is 0 Å². The van der Waals surface area contributed by atoms with Crippen molar-refractivity contribution in [3.05, 3.63) is 56.3 Å². The SMILES string of the molecule is COc1cc2nc(CSCCN=CC3=C(O)[C@@]4(Oc5c(Cl)c(OC)cc(OC)c5C4=O)[C@H](C)CC3=O)[nH]c(=O)c2cc1OC. The van der Waals surface area contributed by atoms with Crippen LogP contribution in [-0.4, -0.2) is 79.2 Å². The molecular formula is C30H30ClN3O9S. The first kappa shape index (κ1) is 31.2. The average Bonchev–Trinajstić information content (AvgIpc) is 3.33. The summed E-state index contributed by atoms with van der Waals surface area (Å²) in [6.07, 6.45) is 1.20. The Morgan fingerprint density at radius 1 is 1.09 bits per heavy atom. The van der Waals surface area contributed by atoms with Crippen molar-refractivity contribution in [2.75, 3.05) is 40.7 Å². The molecule has 2 atom stereocenters. The van der Waals surface area contributed by atoms with Crippen molar-refractivity contribution in [2.24, 2.45) is 10.9 Å². The molecule has 0 unspecified atom stereocenters. The average molecular weight is 644 g/mol. The van der Waals surface area contributed by atoms with Gasteiger partial charge in [0, 0.05) is 43.0 Å². The Labute approximate surface area is 261 Å². The van der Waals surface area contributed by atoms with E-state index in [0.717, 1.165) is 0 Å². The first-order valence-electron chi connectivity index (χ1n) is 13.5. The van der Waals surface area contributed by atoms with E-state index in [2.05, 4.69) is 15.0 Å². The Morgan fingerprint density at radius 2 is 1.77 bits per heavy atom. The molecule has 0 fully saturated rings. The number of benzene rings is 2. The number of methoxy groups -OCH3 is 4. The number of thioether (sulfide) groups is 1. The lowest BCUT2D eigenvalue weighted by molar-refractivity contribution is -0.118. The fourth-order valence-corrected chi connectivity index (χ4v) is 6.31. The number of aliphatic hydroxyl groups is 1. The molecular weight excluding hydrogens is 614 g/mol. The lowest BCUT2D eigenvalue weighted by Gasteiger charge is -2.36. The van der Waals surface area contributed by atoms with E-state index in [-0.39, 0.29) is 57.7 Å². The number of hydrogen-bond acceptors (Lipinski definition) is 12. The summed E-state index contributed by atoms with van der Waals surface area (Å²) in [7, 11) is 5.81. The molecule has 1 aromatic heterocycles. The molecule has 14 heteroatoms. The lowest BCUT2D eigenvalue weighted by atomic mass is 9.73. The number of carbonyl (C=O) groups excluding carboxylic acids is 2. The number of aliphatic imine (C=N–C) groups is 1. The summed E-state index contributed by atoms with van der Waals surface area (Å²) in [5.74, 6) is 0.548. The molecule has 0 amide bonds. The highest BCUT2D eigenvalue weighted by molar-refractivity contribution is 7.98. The first-order chi connectivity index (χ1) is 21.1. The van der Waals surface area contributed by atoms with Gasteiger partial charge in [-0.15, -0.1) is 0 Å². The molecule has 1 aliphatic heterocycles. The highest BCUT2D eigenvalue weighted by atomic mass is 35.5. The molecule has 0 bridgehead atoms. The lowest BCUT2D eigenvalue weighted by Crippen LogP contribution is -2.52. The van der Waals surface area contributed by atoms with Gasteiger partial charge >= 0.3 is 0 Å². The van der Waals surface area contributed by atoms with E-state index in [0.29, 0.717) is 39.7 Å². The molecule has 2 aliphatic rings. The Kier molecular flexibility index (Phi) is 8.80. The van der Waals surface area contributed by atoms with Gasteiger partial charge in [0.1, 0.15) is 27.9 Å². The van der Waals surface area contributed by atoms with Crippen LogP contribution in [0.3, 0.4) is 0 Å². The van der Waals surface area contributed by atoms with Gasteiger partial charge in [0.2, 0.25) is 11.4 Å². The van der Waals surface area contributed by atoms with E-state index in [1.54, 1.807) is 19.1 Å². The fourth-order valence-electron chi connectivity index (χ4n) is 5.34. The molecule has 1 spiro atoms. The van der Waals surface area contributed by atoms with Gasteiger partial charge in [-0.25, -0.2) is 4.98 Å². The predicted octanol–water partition coefficient (Wildman–Crippen LogP) is 4.35. The van der Waals surface area contributed by atoms with Crippen LogP contribution >= 0.6 is 23.4 Å². The van der Waals surface area contributed by atoms with E-state index in [1.165, 1.54) is 52.5 Å². The summed E-state index contributed by atoms with van der Waals surface area (Å²) >= 11 is 7.93. The third-order valence-corrected chi connectivity index (χ3v) is 8.90. The van der Waals surface area contributed by atoms with Gasteiger partial charge in [-0.05, 0) is 6.07 Å².